The van der Waals surface area contributed by atoms with Crippen molar-refractivity contribution in [2.45, 2.75) is 13.0 Å². The predicted molar refractivity (Wildman–Crippen MR) is 90.0 cm³/mol. The molecule has 0 radical (unpaired) electrons. The van der Waals surface area contributed by atoms with Gasteiger partial charge in [0.25, 0.3) is 5.09 Å². The van der Waals surface area contributed by atoms with Crippen molar-refractivity contribution in [3.05, 3.63) is 81.4 Å². The minimum atomic E-state index is -0.827. The Morgan fingerprint density at radius 2 is 1.88 bits per heavy atom. The first-order valence-electron chi connectivity index (χ1n) is 7.52. The Morgan fingerprint density at radius 1 is 1.16 bits per heavy atom. The van der Waals surface area contributed by atoms with Crippen LogP contribution in [0.2, 0.25) is 0 Å². The van der Waals surface area contributed by atoms with Crippen LogP contribution in [0, 0.1) is 10.1 Å². The molecule has 0 aliphatic heterocycles. The maximum atomic E-state index is 11.7. The van der Waals surface area contributed by atoms with E-state index in [0.717, 1.165) is 16.7 Å². The van der Waals surface area contributed by atoms with E-state index >= 15 is 0 Å². The van der Waals surface area contributed by atoms with Gasteiger partial charge in [0.1, 0.15) is 19.0 Å². The Hall–Kier alpha value is -3.35. The molecule has 2 aromatic carbocycles. The van der Waals surface area contributed by atoms with Crippen LogP contribution < -0.4 is 0 Å². The fourth-order valence-corrected chi connectivity index (χ4v) is 2.07. The number of carbonyl (C=O) groups excluding carboxylic acids is 1. The Balaban J connectivity index is 1.82. The van der Waals surface area contributed by atoms with E-state index in [-0.39, 0.29) is 19.0 Å². The summed E-state index contributed by atoms with van der Waals surface area (Å²) in [5, 5.41) is 18.5. The lowest BCUT2D eigenvalue weighted by molar-refractivity contribution is -0.757. The SMILES string of the molecule is O=C(C=Cc1ccc(O)cc1)OCc1cccc(CCO[N+](=O)[O-])c1. The number of aromatic hydroxyl groups is 1. The van der Waals surface area contributed by atoms with E-state index in [9.17, 15) is 20.0 Å². The molecule has 0 saturated heterocycles. The minimum absolute atomic E-state index is 0.0222. The molecule has 0 saturated carbocycles. The highest BCUT2D eigenvalue weighted by Gasteiger charge is 2.02. The first-order chi connectivity index (χ1) is 12.0. The van der Waals surface area contributed by atoms with Crippen molar-refractivity contribution >= 4 is 12.0 Å². The minimum Gasteiger partial charge on any atom is -0.508 e. The van der Waals surface area contributed by atoms with Gasteiger partial charge in [-0.3, -0.25) is 0 Å². The maximum Gasteiger partial charge on any atom is 0.331 e. The second-order valence-electron chi connectivity index (χ2n) is 5.16. The van der Waals surface area contributed by atoms with Crippen molar-refractivity contribution in [1.29, 1.82) is 0 Å². The van der Waals surface area contributed by atoms with Crippen LogP contribution in [0.3, 0.4) is 0 Å². The summed E-state index contributed by atoms with van der Waals surface area (Å²) in [7, 11) is 0. The van der Waals surface area contributed by atoms with Gasteiger partial charge in [-0.2, -0.15) is 0 Å². The molecule has 0 aliphatic carbocycles. The summed E-state index contributed by atoms with van der Waals surface area (Å²) >= 11 is 0. The highest BCUT2D eigenvalue weighted by atomic mass is 16.9. The molecule has 0 spiro atoms. The molecule has 2 aromatic rings. The van der Waals surface area contributed by atoms with E-state index in [1.165, 1.54) is 18.2 Å². The quantitative estimate of drug-likeness (QED) is 0.342. The number of phenolic OH excluding ortho intramolecular Hbond substituents is 1. The number of phenols is 1. The smallest absolute Gasteiger partial charge is 0.331 e. The van der Waals surface area contributed by atoms with Crippen molar-refractivity contribution in [1.82, 2.24) is 0 Å². The predicted octanol–water partition coefficient (Wildman–Crippen LogP) is 2.90. The number of esters is 1. The molecule has 1 N–H and O–H groups in total. The van der Waals surface area contributed by atoms with Crippen molar-refractivity contribution in [3.8, 4) is 5.75 Å². The highest BCUT2D eigenvalue weighted by molar-refractivity contribution is 5.87. The molecule has 7 nitrogen and oxygen atoms in total. The van der Waals surface area contributed by atoms with Crippen molar-refractivity contribution < 1.29 is 24.6 Å². The largest absolute Gasteiger partial charge is 0.508 e. The van der Waals surface area contributed by atoms with Gasteiger partial charge in [-0.1, -0.05) is 36.4 Å². The number of hydrogen-bond acceptors (Lipinski definition) is 6. The Bertz CT molecular complexity index is 754. The van der Waals surface area contributed by atoms with Gasteiger partial charge >= 0.3 is 5.97 Å². The van der Waals surface area contributed by atoms with E-state index in [1.54, 1.807) is 36.4 Å². The highest BCUT2D eigenvalue weighted by Crippen LogP contribution is 2.11. The van der Waals surface area contributed by atoms with Crippen LogP contribution in [0.1, 0.15) is 16.7 Å². The van der Waals surface area contributed by atoms with Crippen LogP contribution in [0.25, 0.3) is 6.08 Å². The average molecular weight is 343 g/mol. The molecular weight excluding hydrogens is 326 g/mol. The van der Waals surface area contributed by atoms with Crippen LogP contribution in [-0.2, 0) is 27.4 Å². The molecule has 0 bridgehead atoms. The van der Waals surface area contributed by atoms with Gasteiger partial charge in [-0.15, -0.1) is 10.1 Å². The fourth-order valence-electron chi connectivity index (χ4n) is 2.07. The zero-order valence-electron chi connectivity index (χ0n) is 13.3. The van der Waals surface area contributed by atoms with Crippen molar-refractivity contribution in [2.24, 2.45) is 0 Å². The van der Waals surface area contributed by atoms with Gasteiger partial charge in [0, 0.05) is 6.08 Å². The molecule has 0 aromatic heterocycles. The molecule has 0 heterocycles. The third kappa shape index (κ3) is 6.74. The lowest BCUT2D eigenvalue weighted by atomic mass is 10.1. The van der Waals surface area contributed by atoms with E-state index < -0.39 is 11.1 Å². The van der Waals surface area contributed by atoms with Gasteiger partial charge in [0.2, 0.25) is 0 Å². The molecule has 0 fully saturated rings. The maximum absolute atomic E-state index is 11.7. The normalized spacial score (nSPS) is 10.6. The van der Waals surface area contributed by atoms with E-state index in [0.29, 0.717) is 6.42 Å². The summed E-state index contributed by atoms with van der Waals surface area (Å²) in [6.07, 6.45) is 3.29. The summed E-state index contributed by atoms with van der Waals surface area (Å²) in [4.78, 5) is 26.1. The molecular formula is C18H17NO6. The van der Waals surface area contributed by atoms with Crippen LogP contribution in [0.15, 0.2) is 54.6 Å². The summed E-state index contributed by atoms with van der Waals surface area (Å²) in [6.45, 7) is 0.0777. The van der Waals surface area contributed by atoms with Gasteiger partial charge in [0.15, 0.2) is 0 Å². The topological polar surface area (TPSA) is 98.9 Å². The summed E-state index contributed by atoms with van der Waals surface area (Å²) < 4.78 is 5.16. The second-order valence-corrected chi connectivity index (χ2v) is 5.16. The molecule has 0 aliphatic rings. The molecule has 0 atom stereocenters. The number of benzene rings is 2. The number of rotatable bonds is 8. The lowest BCUT2D eigenvalue weighted by Crippen LogP contribution is -2.05. The van der Waals surface area contributed by atoms with Crippen molar-refractivity contribution in [2.75, 3.05) is 6.61 Å². The standard InChI is InChI=1S/C18H17NO6/c20-17-7-4-14(5-8-17)6-9-18(21)24-13-16-3-1-2-15(12-16)10-11-25-19(22)23/h1-9,12,20H,10-11,13H2. The first kappa shape index (κ1) is 18.0. The summed E-state index contributed by atoms with van der Waals surface area (Å²) in [5.41, 5.74) is 2.41. The number of carbonyl (C=O) groups is 1. The van der Waals surface area contributed by atoms with Gasteiger partial charge in [-0.25, -0.2) is 4.79 Å². The van der Waals surface area contributed by atoms with Crippen LogP contribution in [0.5, 0.6) is 5.75 Å². The third-order valence-corrected chi connectivity index (χ3v) is 3.26. The van der Waals surface area contributed by atoms with Gasteiger partial charge in [-0.05, 0) is 41.3 Å². The number of hydrogen-bond donors (Lipinski definition) is 1. The van der Waals surface area contributed by atoms with E-state index in [1.807, 2.05) is 6.07 Å². The van der Waals surface area contributed by atoms with Crippen LogP contribution in [0.4, 0.5) is 0 Å². The Morgan fingerprint density at radius 3 is 2.60 bits per heavy atom. The second kappa shape index (κ2) is 9.07. The van der Waals surface area contributed by atoms with E-state index in [4.69, 9.17) is 4.74 Å². The molecule has 25 heavy (non-hydrogen) atoms. The monoisotopic (exact) mass is 343 g/mol. The molecule has 0 amide bonds. The average Bonchev–Trinajstić information content (AvgIpc) is 2.59. The van der Waals surface area contributed by atoms with Gasteiger partial charge < -0.3 is 14.7 Å². The van der Waals surface area contributed by atoms with Crippen LogP contribution >= 0.6 is 0 Å². The van der Waals surface area contributed by atoms with Crippen molar-refractivity contribution in [3.63, 3.8) is 0 Å². The lowest BCUT2D eigenvalue weighted by Gasteiger charge is -2.05. The Kier molecular flexibility index (Phi) is 6.53. The zero-order valence-corrected chi connectivity index (χ0v) is 13.3. The first-order valence-corrected chi connectivity index (χ1v) is 7.52. The molecule has 2 rings (SSSR count). The number of ether oxygens (including phenoxy) is 1. The molecule has 130 valence electrons. The Labute approximate surface area is 144 Å². The zero-order chi connectivity index (χ0) is 18.1. The third-order valence-electron chi connectivity index (χ3n) is 3.26. The molecule has 0 unspecified atom stereocenters. The summed E-state index contributed by atoms with van der Waals surface area (Å²) in [5.74, 6) is -0.335. The summed E-state index contributed by atoms with van der Waals surface area (Å²) in [6, 6.07) is 13.6. The molecule has 7 heteroatoms. The van der Waals surface area contributed by atoms with E-state index in [2.05, 4.69) is 4.84 Å². The fraction of sp³-hybridized carbons (Fsp3) is 0.167. The van der Waals surface area contributed by atoms with Crippen LogP contribution in [-0.4, -0.2) is 22.8 Å². The van der Waals surface area contributed by atoms with Gasteiger partial charge in [0.05, 0.1) is 0 Å². The number of nitrogens with zero attached hydrogens (tertiary/aromatic N) is 1.